The topological polar surface area (TPSA) is 49.3 Å². The molecule has 0 bridgehead atoms. The first-order valence-electron chi connectivity index (χ1n) is 6.17. The maximum atomic E-state index is 10.6. The predicted octanol–water partition coefficient (Wildman–Crippen LogP) is 2.74. The molecular weight excluding hydrogens is 250 g/mol. The number of aryl methyl sites for hydroxylation is 1. The van der Waals surface area contributed by atoms with Gasteiger partial charge in [-0.05, 0) is 31.4 Å². The second-order valence-corrected chi connectivity index (χ2v) is 4.39. The molecule has 4 heteroatoms. The van der Waals surface area contributed by atoms with Gasteiger partial charge < -0.3 is 10.4 Å². The quantitative estimate of drug-likeness (QED) is 0.715. The maximum absolute atomic E-state index is 10.6. The van der Waals surface area contributed by atoms with E-state index in [9.17, 15) is 4.79 Å². The van der Waals surface area contributed by atoms with Crippen LogP contribution in [0.25, 0.3) is 0 Å². The molecule has 0 amide bonds. The zero-order valence-electron chi connectivity index (χ0n) is 10.8. The summed E-state index contributed by atoms with van der Waals surface area (Å²) in [5.41, 5.74) is 1.37. The highest BCUT2D eigenvalue weighted by Gasteiger charge is 2.08. The van der Waals surface area contributed by atoms with E-state index in [2.05, 4.69) is 29.6 Å². The van der Waals surface area contributed by atoms with E-state index in [-0.39, 0.29) is 18.3 Å². The van der Waals surface area contributed by atoms with E-state index < -0.39 is 5.97 Å². The van der Waals surface area contributed by atoms with Crippen molar-refractivity contribution in [1.29, 1.82) is 0 Å². The van der Waals surface area contributed by atoms with Gasteiger partial charge in [0.1, 0.15) is 0 Å². The van der Waals surface area contributed by atoms with Crippen molar-refractivity contribution >= 4 is 18.4 Å². The Morgan fingerprint density at radius 3 is 2.56 bits per heavy atom. The second kappa shape index (κ2) is 9.92. The molecule has 18 heavy (non-hydrogen) atoms. The summed E-state index contributed by atoms with van der Waals surface area (Å²) < 4.78 is 0. The van der Waals surface area contributed by atoms with Crippen molar-refractivity contribution in [2.75, 3.05) is 13.1 Å². The molecule has 1 unspecified atom stereocenters. The second-order valence-electron chi connectivity index (χ2n) is 4.39. The molecule has 0 heterocycles. The molecule has 3 nitrogen and oxygen atoms in total. The predicted molar refractivity (Wildman–Crippen MR) is 76.3 cm³/mol. The first-order chi connectivity index (χ1) is 8.20. The number of carbonyl (C=O) groups is 1. The van der Waals surface area contributed by atoms with Crippen LogP contribution in [0.15, 0.2) is 30.3 Å². The molecule has 0 fully saturated rings. The van der Waals surface area contributed by atoms with Crippen LogP contribution in [0, 0.1) is 5.92 Å². The molecule has 0 aliphatic carbocycles. The van der Waals surface area contributed by atoms with E-state index in [4.69, 9.17) is 5.11 Å². The minimum absolute atomic E-state index is 0. The van der Waals surface area contributed by atoms with Gasteiger partial charge in [-0.3, -0.25) is 4.79 Å². The monoisotopic (exact) mass is 271 g/mol. The van der Waals surface area contributed by atoms with E-state index >= 15 is 0 Å². The molecule has 0 aliphatic rings. The van der Waals surface area contributed by atoms with Crippen molar-refractivity contribution in [3.63, 3.8) is 0 Å². The van der Waals surface area contributed by atoms with E-state index in [1.807, 2.05) is 6.07 Å². The number of nitrogens with one attached hydrogen (secondary N) is 1. The summed E-state index contributed by atoms with van der Waals surface area (Å²) in [6.45, 7) is 3.17. The smallest absolute Gasteiger partial charge is 0.307 e. The molecule has 0 saturated carbocycles. The van der Waals surface area contributed by atoms with Gasteiger partial charge in [0.15, 0.2) is 0 Å². The van der Waals surface area contributed by atoms with Gasteiger partial charge in [-0.1, -0.05) is 37.3 Å². The number of unbranched alkanes of at least 4 members (excludes halogenated alkanes) is 1. The maximum Gasteiger partial charge on any atom is 0.307 e. The van der Waals surface area contributed by atoms with Crippen molar-refractivity contribution in [2.45, 2.75) is 26.2 Å². The third-order valence-corrected chi connectivity index (χ3v) is 2.78. The van der Waals surface area contributed by atoms with Gasteiger partial charge in [0, 0.05) is 6.54 Å². The summed E-state index contributed by atoms with van der Waals surface area (Å²) in [5, 5.41) is 11.9. The third kappa shape index (κ3) is 7.30. The number of benzene rings is 1. The fourth-order valence-electron chi connectivity index (χ4n) is 1.63. The Morgan fingerprint density at radius 2 is 1.94 bits per heavy atom. The molecule has 1 atom stereocenters. The van der Waals surface area contributed by atoms with E-state index in [0.717, 1.165) is 25.8 Å². The van der Waals surface area contributed by atoms with Crippen LogP contribution >= 0.6 is 12.4 Å². The molecule has 0 aliphatic heterocycles. The highest BCUT2D eigenvalue weighted by molar-refractivity contribution is 5.85. The molecule has 0 spiro atoms. The van der Waals surface area contributed by atoms with Gasteiger partial charge in [-0.25, -0.2) is 0 Å². The largest absolute Gasteiger partial charge is 0.481 e. The van der Waals surface area contributed by atoms with Crippen LogP contribution in [0.1, 0.15) is 25.3 Å². The molecule has 2 N–H and O–H groups in total. The average molecular weight is 272 g/mol. The number of rotatable bonds is 8. The van der Waals surface area contributed by atoms with E-state index in [1.165, 1.54) is 5.56 Å². The van der Waals surface area contributed by atoms with Gasteiger partial charge in [-0.15, -0.1) is 12.4 Å². The van der Waals surface area contributed by atoms with Crippen LogP contribution < -0.4 is 5.32 Å². The highest BCUT2D eigenvalue weighted by atomic mass is 35.5. The van der Waals surface area contributed by atoms with Gasteiger partial charge in [0.2, 0.25) is 0 Å². The summed E-state index contributed by atoms with van der Waals surface area (Å²) in [4.78, 5) is 10.6. The first kappa shape index (κ1) is 16.9. The number of halogens is 1. The minimum Gasteiger partial charge on any atom is -0.481 e. The summed E-state index contributed by atoms with van der Waals surface area (Å²) >= 11 is 0. The van der Waals surface area contributed by atoms with E-state index in [1.54, 1.807) is 6.92 Å². The molecule has 1 aromatic rings. The summed E-state index contributed by atoms with van der Waals surface area (Å²) in [7, 11) is 0. The number of carboxylic acids is 1. The van der Waals surface area contributed by atoms with Crippen LogP contribution in [0.4, 0.5) is 0 Å². The normalized spacial score (nSPS) is 11.6. The summed E-state index contributed by atoms with van der Waals surface area (Å²) in [6, 6.07) is 10.4. The van der Waals surface area contributed by atoms with Crippen LogP contribution in [0.2, 0.25) is 0 Å². The molecule has 1 aromatic carbocycles. The van der Waals surface area contributed by atoms with Crippen LogP contribution in [-0.4, -0.2) is 24.2 Å². The van der Waals surface area contributed by atoms with Crippen molar-refractivity contribution in [3.8, 4) is 0 Å². The lowest BCUT2D eigenvalue weighted by Crippen LogP contribution is -2.27. The third-order valence-electron chi connectivity index (χ3n) is 2.78. The Morgan fingerprint density at radius 1 is 1.28 bits per heavy atom. The first-order valence-corrected chi connectivity index (χ1v) is 6.17. The lowest BCUT2D eigenvalue weighted by Gasteiger charge is -2.07. The average Bonchev–Trinajstić information content (AvgIpc) is 2.34. The number of hydrogen-bond donors (Lipinski definition) is 2. The Labute approximate surface area is 115 Å². The Kier molecular flexibility index (Phi) is 9.33. The Balaban J connectivity index is 0.00000289. The number of aliphatic carboxylic acids is 1. The molecule has 1 rings (SSSR count). The van der Waals surface area contributed by atoms with Crippen molar-refractivity contribution in [2.24, 2.45) is 5.92 Å². The lowest BCUT2D eigenvalue weighted by molar-refractivity contribution is -0.140. The van der Waals surface area contributed by atoms with Gasteiger partial charge in [0.25, 0.3) is 0 Å². The molecule has 102 valence electrons. The van der Waals surface area contributed by atoms with Gasteiger partial charge >= 0.3 is 5.97 Å². The Hall–Kier alpha value is -1.06. The van der Waals surface area contributed by atoms with Crippen molar-refractivity contribution < 1.29 is 9.90 Å². The van der Waals surface area contributed by atoms with Gasteiger partial charge in [-0.2, -0.15) is 0 Å². The fourth-order valence-corrected chi connectivity index (χ4v) is 1.63. The SMILES string of the molecule is CC(CNCCCCc1ccccc1)C(=O)O.Cl. The molecular formula is C14H22ClNO2. The standard InChI is InChI=1S/C14H21NO2.ClH/c1-12(14(16)17)11-15-10-6-5-9-13-7-3-2-4-8-13;/h2-4,7-8,12,15H,5-6,9-11H2,1H3,(H,16,17);1H. The number of carboxylic acid groups (broad SMARTS) is 1. The number of hydrogen-bond acceptors (Lipinski definition) is 2. The zero-order chi connectivity index (χ0) is 12.5. The van der Waals surface area contributed by atoms with Crippen LogP contribution in [0.5, 0.6) is 0 Å². The summed E-state index contributed by atoms with van der Waals surface area (Å²) in [5.74, 6) is -1.04. The lowest BCUT2D eigenvalue weighted by atomic mass is 10.1. The molecule has 0 aromatic heterocycles. The van der Waals surface area contributed by atoms with Crippen LogP contribution in [0.3, 0.4) is 0 Å². The summed E-state index contributed by atoms with van der Waals surface area (Å²) in [6.07, 6.45) is 3.32. The molecule has 0 radical (unpaired) electrons. The van der Waals surface area contributed by atoms with E-state index in [0.29, 0.717) is 6.54 Å². The van der Waals surface area contributed by atoms with Crippen molar-refractivity contribution in [3.05, 3.63) is 35.9 Å². The van der Waals surface area contributed by atoms with Crippen LogP contribution in [-0.2, 0) is 11.2 Å². The zero-order valence-corrected chi connectivity index (χ0v) is 11.6. The minimum atomic E-state index is -0.734. The highest BCUT2D eigenvalue weighted by Crippen LogP contribution is 2.03. The van der Waals surface area contributed by atoms with Gasteiger partial charge in [0.05, 0.1) is 5.92 Å². The van der Waals surface area contributed by atoms with Crippen molar-refractivity contribution in [1.82, 2.24) is 5.32 Å². The molecule has 0 saturated heterocycles. The Bertz CT molecular complexity index is 330. The fraction of sp³-hybridized carbons (Fsp3) is 0.500.